The maximum Gasteiger partial charge on any atom is 0.318 e. The first-order valence-corrected chi connectivity index (χ1v) is 11.5. The Morgan fingerprint density at radius 3 is 2.45 bits per heavy atom. The van der Waals surface area contributed by atoms with Crippen LogP contribution in [0, 0.1) is 0 Å². The van der Waals surface area contributed by atoms with Crippen LogP contribution in [0.15, 0.2) is 53.3 Å². The lowest BCUT2D eigenvalue weighted by Gasteiger charge is -2.33. The van der Waals surface area contributed by atoms with Crippen molar-refractivity contribution >= 4 is 16.9 Å². The molecule has 2 aromatic carbocycles. The molecule has 0 saturated carbocycles. The second-order valence-electron chi connectivity index (χ2n) is 9.08. The van der Waals surface area contributed by atoms with Crippen LogP contribution in [0.3, 0.4) is 0 Å². The number of urea groups is 1. The first-order chi connectivity index (χ1) is 15.7. The Morgan fingerprint density at radius 2 is 1.79 bits per heavy atom. The number of carbonyl (C=O) groups is 1. The highest BCUT2D eigenvalue weighted by atomic mass is 16.5. The lowest BCUT2D eigenvalue weighted by atomic mass is 10.1. The van der Waals surface area contributed by atoms with Gasteiger partial charge in [0.25, 0.3) is 5.56 Å². The van der Waals surface area contributed by atoms with Crippen LogP contribution >= 0.6 is 0 Å². The predicted octanol–water partition coefficient (Wildman–Crippen LogP) is 5.07. The molecule has 0 radical (unpaired) electrons. The zero-order valence-electron chi connectivity index (χ0n) is 20.4. The van der Waals surface area contributed by atoms with Gasteiger partial charge < -0.3 is 15.0 Å². The monoisotopic (exact) mass is 450 g/mol. The fourth-order valence-corrected chi connectivity index (χ4v) is 3.83. The highest BCUT2D eigenvalue weighted by molar-refractivity contribution is 5.79. The average Bonchev–Trinajstić information content (AvgIpc) is 2.76. The Balaban J connectivity index is 2.26. The SMILES string of the molecule is CCCN(C(=O)NC(C)(C)C)C(C)c1nc2ccccc2c(=O)n1-c1ccccc1OCC. The van der Waals surface area contributed by atoms with Crippen molar-refractivity contribution in [2.75, 3.05) is 13.2 Å². The second-order valence-corrected chi connectivity index (χ2v) is 9.08. The van der Waals surface area contributed by atoms with Crippen molar-refractivity contribution in [3.8, 4) is 11.4 Å². The number of hydrogen-bond donors (Lipinski definition) is 1. The molecule has 2 amide bonds. The first kappa shape index (κ1) is 24.3. The number of rotatable bonds is 7. The van der Waals surface area contributed by atoms with Crippen molar-refractivity contribution in [1.29, 1.82) is 0 Å². The molecular formula is C26H34N4O3. The summed E-state index contributed by atoms with van der Waals surface area (Å²) >= 11 is 0. The number of benzene rings is 2. The number of hydrogen-bond acceptors (Lipinski definition) is 4. The Morgan fingerprint density at radius 1 is 1.12 bits per heavy atom. The number of carbonyl (C=O) groups excluding carboxylic acids is 1. The number of fused-ring (bicyclic) bond motifs is 1. The third-order valence-corrected chi connectivity index (χ3v) is 5.26. The molecule has 3 rings (SSSR count). The largest absolute Gasteiger partial charge is 0.492 e. The van der Waals surface area contributed by atoms with Crippen molar-refractivity contribution in [3.05, 3.63) is 64.7 Å². The van der Waals surface area contributed by atoms with E-state index in [2.05, 4.69) is 5.32 Å². The topological polar surface area (TPSA) is 76.5 Å². The Labute approximate surface area is 195 Å². The molecule has 0 aliphatic carbocycles. The van der Waals surface area contributed by atoms with Crippen molar-refractivity contribution in [2.45, 2.75) is 59.5 Å². The number of nitrogens with zero attached hydrogens (tertiary/aromatic N) is 3. The van der Waals surface area contributed by atoms with Gasteiger partial charge >= 0.3 is 6.03 Å². The van der Waals surface area contributed by atoms with E-state index in [1.165, 1.54) is 0 Å². The number of ether oxygens (including phenoxy) is 1. The summed E-state index contributed by atoms with van der Waals surface area (Å²) in [7, 11) is 0. The molecule has 1 atom stereocenters. The number of nitrogens with one attached hydrogen (secondary N) is 1. The van der Waals surface area contributed by atoms with E-state index >= 15 is 0 Å². The molecule has 0 aliphatic rings. The van der Waals surface area contributed by atoms with Gasteiger partial charge in [-0.3, -0.25) is 9.36 Å². The third kappa shape index (κ3) is 5.35. The normalized spacial score (nSPS) is 12.4. The molecule has 7 nitrogen and oxygen atoms in total. The minimum absolute atomic E-state index is 0.191. The fraction of sp³-hybridized carbons (Fsp3) is 0.423. The molecule has 0 fully saturated rings. The maximum atomic E-state index is 13.7. The molecule has 1 aromatic heterocycles. The van der Waals surface area contributed by atoms with Gasteiger partial charge in [-0.05, 0) is 65.3 Å². The van der Waals surface area contributed by atoms with Gasteiger partial charge in [-0.1, -0.05) is 31.2 Å². The number of aromatic nitrogens is 2. The van der Waals surface area contributed by atoms with Crippen LogP contribution in [0.2, 0.25) is 0 Å². The van der Waals surface area contributed by atoms with Crippen LogP contribution < -0.4 is 15.6 Å². The fourth-order valence-electron chi connectivity index (χ4n) is 3.83. The van der Waals surface area contributed by atoms with E-state index in [0.717, 1.165) is 6.42 Å². The molecule has 176 valence electrons. The zero-order chi connectivity index (χ0) is 24.2. The Bertz CT molecular complexity index is 1180. The molecule has 0 saturated heterocycles. The summed E-state index contributed by atoms with van der Waals surface area (Å²) in [5, 5.41) is 3.56. The van der Waals surface area contributed by atoms with Gasteiger partial charge in [0, 0.05) is 12.1 Å². The average molecular weight is 451 g/mol. The standard InChI is InChI=1S/C26H34N4O3/c1-7-17-29(25(32)28-26(4,5)6)18(3)23-27-20-14-10-9-13-19(20)24(31)30(23)21-15-11-12-16-22(21)33-8-2/h9-16,18H,7-8,17H2,1-6H3,(H,28,32). The summed E-state index contributed by atoms with van der Waals surface area (Å²) < 4.78 is 7.42. The maximum absolute atomic E-state index is 13.7. The molecule has 1 heterocycles. The van der Waals surface area contributed by atoms with Crippen LogP contribution in [-0.4, -0.2) is 39.2 Å². The van der Waals surface area contributed by atoms with E-state index in [0.29, 0.717) is 41.3 Å². The van der Waals surface area contributed by atoms with Gasteiger partial charge in [0.1, 0.15) is 11.6 Å². The number of para-hydroxylation sites is 3. The smallest absolute Gasteiger partial charge is 0.318 e. The molecule has 33 heavy (non-hydrogen) atoms. The summed E-state index contributed by atoms with van der Waals surface area (Å²) in [4.78, 5) is 33.6. The lowest BCUT2D eigenvalue weighted by Crippen LogP contribution is -2.50. The van der Waals surface area contributed by atoms with E-state index in [9.17, 15) is 9.59 Å². The summed E-state index contributed by atoms with van der Waals surface area (Å²) in [5.41, 5.74) is 0.627. The quantitative estimate of drug-likeness (QED) is 0.545. The minimum atomic E-state index is -0.459. The Kier molecular flexibility index (Phi) is 7.41. The van der Waals surface area contributed by atoms with Crippen LogP contribution in [0.5, 0.6) is 5.75 Å². The van der Waals surface area contributed by atoms with E-state index in [1.807, 2.05) is 84.0 Å². The molecular weight excluding hydrogens is 416 g/mol. The van der Waals surface area contributed by atoms with Crippen LogP contribution in [0.4, 0.5) is 4.79 Å². The van der Waals surface area contributed by atoms with Crippen LogP contribution in [0.25, 0.3) is 16.6 Å². The lowest BCUT2D eigenvalue weighted by molar-refractivity contribution is 0.167. The third-order valence-electron chi connectivity index (χ3n) is 5.26. The van der Waals surface area contributed by atoms with Gasteiger partial charge in [-0.25, -0.2) is 9.78 Å². The van der Waals surface area contributed by atoms with Crippen LogP contribution in [-0.2, 0) is 0 Å². The Hall–Kier alpha value is -3.35. The van der Waals surface area contributed by atoms with Crippen molar-refractivity contribution in [1.82, 2.24) is 19.8 Å². The van der Waals surface area contributed by atoms with Gasteiger partial charge in [-0.15, -0.1) is 0 Å². The minimum Gasteiger partial charge on any atom is -0.492 e. The van der Waals surface area contributed by atoms with Crippen molar-refractivity contribution < 1.29 is 9.53 Å². The van der Waals surface area contributed by atoms with Gasteiger partial charge in [0.2, 0.25) is 0 Å². The van der Waals surface area contributed by atoms with E-state index in [4.69, 9.17) is 9.72 Å². The van der Waals surface area contributed by atoms with Gasteiger partial charge in [0.15, 0.2) is 0 Å². The van der Waals surface area contributed by atoms with Crippen LogP contribution in [0.1, 0.15) is 59.8 Å². The van der Waals surface area contributed by atoms with Crippen molar-refractivity contribution in [3.63, 3.8) is 0 Å². The molecule has 0 spiro atoms. The summed E-state index contributed by atoms with van der Waals surface area (Å²) in [5.74, 6) is 1.08. The predicted molar refractivity (Wildman–Crippen MR) is 132 cm³/mol. The molecule has 0 aliphatic heterocycles. The summed E-state index contributed by atoms with van der Waals surface area (Å²) in [6.45, 7) is 12.7. The second kappa shape index (κ2) is 10.1. The summed E-state index contributed by atoms with van der Waals surface area (Å²) in [6, 6.07) is 14.1. The molecule has 7 heteroatoms. The van der Waals surface area contributed by atoms with E-state index in [1.54, 1.807) is 15.5 Å². The molecule has 0 bridgehead atoms. The number of amides is 2. The van der Waals surface area contributed by atoms with E-state index in [-0.39, 0.29) is 17.1 Å². The van der Waals surface area contributed by atoms with Gasteiger partial charge in [-0.2, -0.15) is 0 Å². The first-order valence-electron chi connectivity index (χ1n) is 11.5. The molecule has 1 unspecified atom stereocenters. The van der Waals surface area contributed by atoms with E-state index < -0.39 is 6.04 Å². The van der Waals surface area contributed by atoms with Gasteiger partial charge in [0.05, 0.1) is 29.2 Å². The zero-order valence-corrected chi connectivity index (χ0v) is 20.4. The highest BCUT2D eigenvalue weighted by Crippen LogP contribution is 2.28. The summed E-state index contributed by atoms with van der Waals surface area (Å²) in [6.07, 6.45) is 0.773. The highest BCUT2D eigenvalue weighted by Gasteiger charge is 2.29. The molecule has 1 N–H and O–H groups in total. The van der Waals surface area contributed by atoms with Crippen molar-refractivity contribution in [2.24, 2.45) is 0 Å². The molecule has 3 aromatic rings.